The maximum atomic E-state index is 5.26. The third-order valence-electron chi connectivity index (χ3n) is 3.86. The third kappa shape index (κ3) is 6.02. The number of methoxy groups -OCH3 is 1. The number of rotatable bonds is 6. The van der Waals surface area contributed by atoms with Crippen molar-refractivity contribution in [2.45, 2.75) is 52.2 Å². The molecule has 0 aliphatic carbocycles. The summed E-state index contributed by atoms with van der Waals surface area (Å²) >= 11 is 1.77. The number of hydrogen-bond donors (Lipinski definition) is 1. The van der Waals surface area contributed by atoms with Gasteiger partial charge in [-0.2, -0.15) is 0 Å². The predicted octanol–water partition coefficient (Wildman–Crippen LogP) is 2.89. The molecule has 0 unspecified atom stereocenters. The zero-order valence-corrected chi connectivity index (χ0v) is 14.6. The molecule has 2 rings (SSSR count). The number of thiazole rings is 1. The Balaban J connectivity index is 1.75. The average molecular weight is 311 g/mol. The van der Waals surface area contributed by atoms with E-state index in [1.54, 1.807) is 18.4 Å². The second kappa shape index (κ2) is 7.68. The lowest BCUT2D eigenvalue weighted by atomic mass is 9.98. The van der Waals surface area contributed by atoms with Crippen LogP contribution in [0.1, 0.15) is 44.3 Å². The third-order valence-corrected chi connectivity index (χ3v) is 4.76. The molecule has 1 fully saturated rings. The highest BCUT2D eigenvalue weighted by atomic mass is 32.1. The van der Waals surface area contributed by atoms with Gasteiger partial charge in [-0.1, -0.05) is 0 Å². The molecule has 0 amide bonds. The van der Waals surface area contributed by atoms with Crippen LogP contribution < -0.4 is 5.32 Å². The molecule has 4 nitrogen and oxygen atoms in total. The van der Waals surface area contributed by atoms with E-state index in [1.807, 2.05) is 0 Å². The highest BCUT2D eigenvalue weighted by Crippen LogP contribution is 2.20. The first kappa shape index (κ1) is 16.9. The quantitative estimate of drug-likeness (QED) is 0.876. The maximum Gasteiger partial charge on any atom is 0.107 e. The number of aromatic nitrogens is 1. The molecule has 0 saturated carbocycles. The van der Waals surface area contributed by atoms with E-state index in [-0.39, 0.29) is 5.54 Å². The van der Waals surface area contributed by atoms with Gasteiger partial charge in [-0.3, -0.25) is 4.90 Å². The molecule has 0 aromatic carbocycles. The molecule has 1 aromatic heterocycles. The summed E-state index contributed by atoms with van der Waals surface area (Å²) in [6, 6.07) is 0. The van der Waals surface area contributed by atoms with E-state index in [0.717, 1.165) is 25.6 Å². The molecule has 1 aliphatic rings. The summed E-state index contributed by atoms with van der Waals surface area (Å²) in [6.07, 6.45) is 2.49. The van der Waals surface area contributed by atoms with E-state index < -0.39 is 0 Å². The first-order valence-corrected chi connectivity index (χ1v) is 8.74. The molecule has 1 saturated heterocycles. The van der Waals surface area contributed by atoms with Crippen LogP contribution in [0.3, 0.4) is 0 Å². The van der Waals surface area contributed by atoms with E-state index in [2.05, 4.69) is 36.4 Å². The minimum atomic E-state index is 0.148. The molecular weight excluding hydrogens is 282 g/mol. The zero-order chi connectivity index (χ0) is 15.3. The topological polar surface area (TPSA) is 37.4 Å². The number of nitrogens with zero attached hydrogens (tertiary/aromatic N) is 2. The van der Waals surface area contributed by atoms with Crippen LogP contribution in [-0.2, 0) is 17.8 Å². The summed E-state index contributed by atoms with van der Waals surface area (Å²) in [5, 5.41) is 6.89. The Labute approximate surface area is 132 Å². The standard InChI is InChI=1S/C16H29N3OS/c1-16(2,3)17-9-15-18-14(12-21-15)10-19-7-5-13(6-8-19)11-20-4/h12-13,17H,5-11H2,1-4H3. The van der Waals surface area contributed by atoms with Crippen molar-refractivity contribution in [1.82, 2.24) is 15.2 Å². The highest BCUT2D eigenvalue weighted by molar-refractivity contribution is 7.09. The monoisotopic (exact) mass is 311 g/mol. The largest absolute Gasteiger partial charge is 0.384 e. The molecule has 1 N–H and O–H groups in total. The molecule has 1 aromatic rings. The maximum absolute atomic E-state index is 5.26. The van der Waals surface area contributed by atoms with Gasteiger partial charge >= 0.3 is 0 Å². The van der Waals surface area contributed by atoms with Crippen LogP contribution in [0.5, 0.6) is 0 Å². The Kier molecular flexibility index (Phi) is 6.17. The molecule has 2 heterocycles. The molecule has 0 spiro atoms. The fourth-order valence-electron chi connectivity index (χ4n) is 2.62. The SMILES string of the molecule is COCC1CCN(Cc2csc(CNC(C)(C)C)n2)CC1. The van der Waals surface area contributed by atoms with Gasteiger partial charge in [-0.05, 0) is 52.6 Å². The van der Waals surface area contributed by atoms with Crippen molar-refractivity contribution in [2.24, 2.45) is 5.92 Å². The summed E-state index contributed by atoms with van der Waals surface area (Å²) in [5.41, 5.74) is 1.37. The molecule has 5 heteroatoms. The van der Waals surface area contributed by atoms with Crippen molar-refractivity contribution in [3.63, 3.8) is 0 Å². The van der Waals surface area contributed by atoms with E-state index in [4.69, 9.17) is 9.72 Å². The van der Waals surface area contributed by atoms with Crippen molar-refractivity contribution in [2.75, 3.05) is 26.8 Å². The van der Waals surface area contributed by atoms with Crippen LogP contribution in [0, 0.1) is 5.92 Å². The van der Waals surface area contributed by atoms with E-state index >= 15 is 0 Å². The first-order chi connectivity index (χ1) is 9.96. The number of hydrogen-bond acceptors (Lipinski definition) is 5. The smallest absolute Gasteiger partial charge is 0.107 e. The van der Waals surface area contributed by atoms with Gasteiger partial charge in [-0.15, -0.1) is 11.3 Å². The Morgan fingerprint density at radius 3 is 2.71 bits per heavy atom. The van der Waals surface area contributed by atoms with Crippen molar-refractivity contribution in [3.8, 4) is 0 Å². The molecule has 0 atom stereocenters. The van der Waals surface area contributed by atoms with E-state index in [9.17, 15) is 0 Å². The van der Waals surface area contributed by atoms with Gasteiger partial charge in [0.25, 0.3) is 0 Å². The molecule has 21 heavy (non-hydrogen) atoms. The molecule has 120 valence electrons. The molecule has 0 radical (unpaired) electrons. The van der Waals surface area contributed by atoms with Crippen LogP contribution in [0.2, 0.25) is 0 Å². The van der Waals surface area contributed by atoms with Crippen molar-refractivity contribution >= 4 is 11.3 Å². The lowest BCUT2D eigenvalue weighted by Gasteiger charge is -2.31. The van der Waals surface area contributed by atoms with Crippen molar-refractivity contribution < 1.29 is 4.74 Å². The fraction of sp³-hybridized carbons (Fsp3) is 0.812. The summed E-state index contributed by atoms with van der Waals surface area (Å²) in [6.45, 7) is 11.7. The van der Waals surface area contributed by atoms with Gasteiger partial charge in [0, 0.05) is 37.7 Å². The summed E-state index contributed by atoms with van der Waals surface area (Å²) in [7, 11) is 1.80. The Bertz CT molecular complexity index is 419. The minimum Gasteiger partial charge on any atom is -0.384 e. The van der Waals surface area contributed by atoms with Crippen LogP contribution >= 0.6 is 11.3 Å². The summed E-state index contributed by atoms with van der Waals surface area (Å²) in [4.78, 5) is 7.27. The Morgan fingerprint density at radius 2 is 2.10 bits per heavy atom. The van der Waals surface area contributed by atoms with Crippen LogP contribution in [0.25, 0.3) is 0 Å². The highest BCUT2D eigenvalue weighted by Gasteiger charge is 2.19. The average Bonchev–Trinajstić information content (AvgIpc) is 2.86. The van der Waals surface area contributed by atoms with Gasteiger partial charge in [0.05, 0.1) is 5.69 Å². The van der Waals surface area contributed by atoms with E-state index in [0.29, 0.717) is 0 Å². The number of likely N-dealkylation sites (tertiary alicyclic amines) is 1. The van der Waals surface area contributed by atoms with Gasteiger partial charge in [0.2, 0.25) is 0 Å². The normalized spacial score (nSPS) is 18.3. The van der Waals surface area contributed by atoms with Crippen LogP contribution in [0.4, 0.5) is 0 Å². The van der Waals surface area contributed by atoms with Gasteiger partial charge in [0.1, 0.15) is 5.01 Å². The van der Waals surface area contributed by atoms with Crippen molar-refractivity contribution in [1.29, 1.82) is 0 Å². The zero-order valence-electron chi connectivity index (χ0n) is 13.8. The molecule has 1 aliphatic heterocycles. The fourth-order valence-corrected chi connectivity index (χ4v) is 3.34. The lowest BCUT2D eigenvalue weighted by molar-refractivity contribution is 0.0964. The van der Waals surface area contributed by atoms with Crippen LogP contribution in [-0.4, -0.2) is 42.2 Å². The number of piperidine rings is 1. The summed E-state index contributed by atoms with van der Waals surface area (Å²) < 4.78 is 5.26. The Morgan fingerprint density at radius 1 is 1.38 bits per heavy atom. The molecule has 0 bridgehead atoms. The predicted molar refractivity (Wildman–Crippen MR) is 88.6 cm³/mol. The van der Waals surface area contributed by atoms with Gasteiger partial charge in [-0.25, -0.2) is 4.98 Å². The lowest BCUT2D eigenvalue weighted by Crippen LogP contribution is -2.35. The second-order valence-corrected chi connectivity index (χ2v) is 7.95. The van der Waals surface area contributed by atoms with Gasteiger partial charge < -0.3 is 10.1 Å². The second-order valence-electron chi connectivity index (χ2n) is 7.01. The Hall–Kier alpha value is -0.490. The van der Waals surface area contributed by atoms with Gasteiger partial charge in [0.15, 0.2) is 0 Å². The number of nitrogens with one attached hydrogen (secondary N) is 1. The minimum absolute atomic E-state index is 0.148. The van der Waals surface area contributed by atoms with E-state index in [1.165, 1.54) is 36.6 Å². The summed E-state index contributed by atoms with van der Waals surface area (Å²) in [5.74, 6) is 0.744. The van der Waals surface area contributed by atoms with Crippen LogP contribution in [0.15, 0.2) is 5.38 Å². The van der Waals surface area contributed by atoms with Crippen molar-refractivity contribution in [3.05, 3.63) is 16.1 Å². The number of ether oxygens (including phenoxy) is 1. The first-order valence-electron chi connectivity index (χ1n) is 7.86. The molecular formula is C16H29N3OS.